The molecular formula is C16H14N2OS2. The van der Waals surface area contributed by atoms with Crippen molar-refractivity contribution in [3.8, 4) is 21.7 Å². The molecule has 0 aliphatic carbocycles. The molecule has 0 saturated carbocycles. The lowest BCUT2D eigenvalue weighted by molar-refractivity contribution is 0.322. The van der Waals surface area contributed by atoms with E-state index in [2.05, 4.69) is 17.1 Å². The van der Waals surface area contributed by atoms with Crippen molar-refractivity contribution < 1.29 is 5.11 Å². The van der Waals surface area contributed by atoms with Gasteiger partial charge in [-0.15, -0.1) is 11.3 Å². The molecule has 5 heteroatoms. The summed E-state index contributed by atoms with van der Waals surface area (Å²) < 4.78 is 0.974. The molecule has 1 N–H and O–H groups in total. The third-order valence-corrected chi connectivity index (χ3v) is 5.12. The number of thioether (sulfide) groups is 1. The van der Waals surface area contributed by atoms with Gasteiger partial charge in [-0.3, -0.25) is 4.98 Å². The van der Waals surface area contributed by atoms with Gasteiger partial charge >= 0.3 is 0 Å². The molecule has 0 aliphatic rings. The Balaban J connectivity index is 2.06. The fourth-order valence-electron chi connectivity index (χ4n) is 1.98. The van der Waals surface area contributed by atoms with E-state index >= 15 is 0 Å². The van der Waals surface area contributed by atoms with Crippen molar-refractivity contribution in [1.29, 1.82) is 0 Å². The number of nitrogens with zero attached hydrogens (tertiary/aromatic N) is 2. The van der Waals surface area contributed by atoms with E-state index in [1.807, 2.05) is 36.5 Å². The van der Waals surface area contributed by atoms with Crippen LogP contribution in [0.1, 0.15) is 0 Å². The molecule has 0 aliphatic heterocycles. The predicted molar refractivity (Wildman–Crippen MR) is 88.6 cm³/mol. The second kappa shape index (κ2) is 6.85. The molecule has 2 heterocycles. The maximum atomic E-state index is 8.98. The Kier molecular flexibility index (Phi) is 4.65. The van der Waals surface area contributed by atoms with Crippen molar-refractivity contribution in [3.05, 3.63) is 54.9 Å². The minimum atomic E-state index is 0.160. The summed E-state index contributed by atoms with van der Waals surface area (Å²) in [5.41, 5.74) is 3.15. The molecule has 0 unspecified atom stereocenters. The minimum Gasteiger partial charge on any atom is -0.396 e. The van der Waals surface area contributed by atoms with E-state index < -0.39 is 0 Å². The SMILES string of the molecule is OCCSc1nc(-c2ccccc2)c(-c2cccnc2)s1. The van der Waals surface area contributed by atoms with Crippen LogP contribution in [0.4, 0.5) is 0 Å². The van der Waals surface area contributed by atoms with Crippen LogP contribution >= 0.6 is 23.1 Å². The molecular weight excluding hydrogens is 300 g/mol. The van der Waals surface area contributed by atoms with E-state index in [0.29, 0.717) is 5.75 Å². The summed E-state index contributed by atoms with van der Waals surface area (Å²) in [6.45, 7) is 0.160. The number of rotatable bonds is 5. The summed E-state index contributed by atoms with van der Waals surface area (Å²) in [7, 11) is 0. The zero-order valence-corrected chi connectivity index (χ0v) is 12.9. The first-order valence-electron chi connectivity index (χ1n) is 6.59. The van der Waals surface area contributed by atoms with Gasteiger partial charge in [-0.1, -0.05) is 48.2 Å². The van der Waals surface area contributed by atoms with Crippen LogP contribution in [0.25, 0.3) is 21.7 Å². The number of aliphatic hydroxyl groups excluding tert-OH is 1. The average Bonchev–Trinajstić information content (AvgIpc) is 2.99. The Morgan fingerprint density at radius 1 is 1.05 bits per heavy atom. The van der Waals surface area contributed by atoms with Crippen molar-refractivity contribution in [2.45, 2.75) is 4.34 Å². The molecule has 21 heavy (non-hydrogen) atoms. The van der Waals surface area contributed by atoms with E-state index in [9.17, 15) is 0 Å². The molecule has 0 bridgehead atoms. The van der Waals surface area contributed by atoms with Crippen molar-refractivity contribution in [2.24, 2.45) is 0 Å². The highest BCUT2D eigenvalue weighted by Crippen LogP contribution is 2.39. The zero-order valence-electron chi connectivity index (χ0n) is 11.3. The van der Waals surface area contributed by atoms with Crippen LogP contribution in [-0.4, -0.2) is 27.4 Å². The average molecular weight is 314 g/mol. The number of aliphatic hydroxyl groups is 1. The highest BCUT2D eigenvalue weighted by atomic mass is 32.2. The number of thiazole rings is 1. The number of aromatic nitrogens is 2. The molecule has 3 nitrogen and oxygen atoms in total. The highest BCUT2D eigenvalue weighted by Gasteiger charge is 2.15. The maximum Gasteiger partial charge on any atom is 0.151 e. The van der Waals surface area contributed by atoms with Gasteiger partial charge in [0.25, 0.3) is 0 Å². The fourth-order valence-corrected chi connectivity index (χ4v) is 3.95. The molecule has 0 spiro atoms. The van der Waals surface area contributed by atoms with Crippen LogP contribution in [0.5, 0.6) is 0 Å². The monoisotopic (exact) mass is 314 g/mol. The molecule has 3 aromatic rings. The Bertz CT molecular complexity index is 642. The van der Waals surface area contributed by atoms with Gasteiger partial charge in [-0.05, 0) is 6.07 Å². The largest absolute Gasteiger partial charge is 0.396 e. The lowest BCUT2D eigenvalue weighted by Crippen LogP contribution is -1.85. The molecule has 0 saturated heterocycles. The van der Waals surface area contributed by atoms with Gasteiger partial charge in [-0.25, -0.2) is 4.98 Å². The van der Waals surface area contributed by atoms with E-state index in [-0.39, 0.29) is 6.61 Å². The van der Waals surface area contributed by atoms with E-state index in [4.69, 9.17) is 10.1 Å². The third kappa shape index (κ3) is 3.32. The van der Waals surface area contributed by atoms with Gasteiger partial charge in [0, 0.05) is 29.3 Å². The first kappa shape index (κ1) is 14.3. The lowest BCUT2D eigenvalue weighted by Gasteiger charge is -2.01. The second-order valence-electron chi connectivity index (χ2n) is 4.34. The first-order chi connectivity index (χ1) is 10.4. The third-order valence-electron chi connectivity index (χ3n) is 2.90. The van der Waals surface area contributed by atoms with Crippen LogP contribution in [0.3, 0.4) is 0 Å². The molecule has 3 rings (SSSR count). The predicted octanol–water partition coefficient (Wildman–Crippen LogP) is 3.96. The molecule has 1 aromatic carbocycles. The topological polar surface area (TPSA) is 46.0 Å². The van der Waals surface area contributed by atoms with Crippen molar-refractivity contribution in [1.82, 2.24) is 9.97 Å². The molecule has 0 radical (unpaired) electrons. The van der Waals surface area contributed by atoms with Crippen molar-refractivity contribution in [3.63, 3.8) is 0 Å². The smallest absolute Gasteiger partial charge is 0.151 e. The summed E-state index contributed by atoms with van der Waals surface area (Å²) in [5.74, 6) is 0.661. The Labute approximate surface area is 131 Å². The molecule has 0 amide bonds. The Morgan fingerprint density at radius 3 is 2.57 bits per heavy atom. The molecule has 0 fully saturated rings. The minimum absolute atomic E-state index is 0.160. The van der Waals surface area contributed by atoms with Crippen LogP contribution in [-0.2, 0) is 0 Å². The Morgan fingerprint density at radius 2 is 1.86 bits per heavy atom. The molecule has 2 aromatic heterocycles. The van der Waals surface area contributed by atoms with E-state index in [0.717, 1.165) is 26.0 Å². The quantitative estimate of drug-likeness (QED) is 0.724. The normalized spacial score (nSPS) is 10.7. The molecule has 0 atom stereocenters. The number of benzene rings is 1. The van der Waals surface area contributed by atoms with Gasteiger partial charge in [0.1, 0.15) is 0 Å². The van der Waals surface area contributed by atoms with Gasteiger partial charge < -0.3 is 5.11 Å². The summed E-state index contributed by atoms with van der Waals surface area (Å²) in [5, 5.41) is 8.98. The molecule has 106 valence electrons. The number of hydrogen-bond donors (Lipinski definition) is 1. The van der Waals surface area contributed by atoms with Crippen molar-refractivity contribution in [2.75, 3.05) is 12.4 Å². The zero-order chi connectivity index (χ0) is 14.5. The van der Waals surface area contributed by atoms with Crippen LogP contribution < -0.4 is 0 Å². The standard InChI is InChI=1S/C16H14N2OS2/c19-9-10-20-16-18-14(12-5-2-1-3-6-12)15(21-16)13-7-4-8-17-11-13/h1-8,11,19H,9-10H2. The summed E-state index contributed by atoms with van der Waals surface area (Å²) in [6.07, 6.45) is 3.63. The van der Waals surface area contributed by atoms with Gasteiger partial charge in [-0.2, -0.15) is 0 Å². The van der Waals surface area contributed by atoms with Crippen LogP contribution in [0, 0.1) is 0 Å². The van der Waals surface area contributed by atoms with Gasteiger partial charge in [0.05, 0.1) is 17.2 Å². The van der Waals surface area contributed by atoms with Gasteiger partial charge in [0.2, 0.25) is 0 Å². The lowest BCUT2D eigenvalue weighted by atomic mass is 10.1. The summed E-state index contributed by atoms with van der Waals surface area (Å²) in [4.78, 5) is 10.1. The first-order valence-corrected chi connectivity index (χ1v) is 8.39. The maximum absolute atomic E-state index is 8.98. The number of hydrogen-bond acceptors (Lipinski definition) is 5. The second-order valence-corrected chi connectivity index (χ2v) is 6.68. The van der Waals surface area contributed by atoms with Crippen LogP contribution in [0.15, 0.2) is 59.2 Å². The van der Waals surface area contributed by atoms with Gasteiger partial charge in [0.15, 0.2) is 4.34 Å². The summed E-state index contributed by atoms with van der Waals surface area (Å²) in [6, 6.07) is 14.1. The van der Waals surface area contributed by atoms with Crippen molar-refractivity contribution >= 4 is 23.1 Å². The number of pyridine rings is 1. The van der Waals surface area contributed by atoms with E-state index in [1.165, 1.54) is 0 Å². The highest BCUT2D eigenvalue weighted by molar-refractivity contribution is 8.01. The Hall–Kier alpha value is -1.69. The van der Waals surface area contributed by atoms with E-state index in [1.54, 1.807) is 29.3 Å². The fraction of sp³-hybridized carbons (Fsp3) is 0.125. The van der Waals surface area contributed by atoms with Crippen LogP contribution in [0.2, 0.25) is 0 Å². The summed E-state index contributed by atoms with van der Waals surface area (Å²) >= 11 is 3.23.